The van der Waals surface area contributed by atoms with Gasteiger partial charge in [-0.2, -0.15) is 0 Å². The van der Waals surface area contributed by atoms with Crippen LogP contribution in [0.15, 0.2) is 47.1 Å². The monoisotopic (exact) mass is 334 g/mol. The van der Waals surface area contributed by atoms with Crippen molar-refractivity contribution in [1.29, 1.82) is 0 Å². The zero-order chi connectivity index (χ0) is 16.7. The molecule has 0 saturated heterocycles. The Morgan fingerprint density at radius 2 is 2.00 bits per heavy atom. The van der Waals surface area contributed by atoms with E-state index in [0.717, 1.165) is 5.56 Å². The second-order valence-corrected chi connectivity index (χ2v) is 5.55. The van der Waals surface area contributed by atoms with E-state index in [1.165, 1.54) is 6.26 Å². The lowest BCUT2D eigenvalue weighted by atomic mass is 10.1. The molecule has 0 spiro atoms. The standard InChI is InChI=1S/C17H19ClN2O3/c1-12(13-6-2-3-7-14(13)18)20-16(21)9-4-10-19-17(22)15-8-5-11-23-15/h2-3,5-8,11-12H,4,9-10H2,1H3,(H,19,22)(H,20,21). The predicted octanol–water partition coefficient (Wildman–Crippen LogP) is 3.32. The highest BCUT2D eigenvalue weighted by Gasteiger charge is 2.12. The van der Waals surface area contributed by atoms with Gasteiger partial charge in [-0.3, -0.25) is 9.59 Å². The number of halogens is 1. The summed E-state index contributed by atoms with van der Waals surface area (Å²) in [7, 11) is 0. The number of hydrogen-bond acceptors (Lipinski definition) is 3. The third kappa shape index (κ3) is 5.14. The van der Waals surface area contributed by atoms with Crippen molar-refractivity contribution in [2.24, 2.45) is 0 Å². The number of nitrogens with one attached hydrogen (secondary N) is 2. The van der Waals surface area contributed by atoms with E-state index in [-0.39, 0.29) is 23.6 Å². The van der Waals surface area contributed by atoms with Gasteiger partial charge in [0.1, 0.15) is 0 Å². The van der Waals surface area contributed by atoms with Gasteiger partial charge in [0.25, 0.3) is 5.91 Å². The molecule has 5 nitrogen and oxygen atoms in total. The number of hydrogen-bond donors (Lipinski definition) is 2. The molecule has 1 aromatic carbocycles. The van der Waals surface area contributed by atoms with E-state index < -0.39 is 0 Å². The van der Waals surface area contributed by atoms with E-state index in [9.17, 15) is 9.59 Å². The van der Waals surface area contributed by atoms with E-state index in [0.29, 0.717) is 24.4 Å². The molecule has 0 bridgehead atoms. The molecular formula is C17H19ClN2O3. The summed E-state index contributed by atoms with van der Waals surface area (Å²) in [5, 5.41) is 6.23. The Balaban J connectivity index is 1.69. The molecule has 1 heterocycles. The maximum atomic E-state index is 11.9. The second kappa shape index (κ2) is 8.39. The SMILES string of the molecule is CC(NC(=O)CCCNC(=O)c1ccco1)c1ccccc1Cl. The molecule has 6 heteroatoms. The number of rotatable bonds is 7. The number of furan rings is 1. The van der Waals surface area contributed by atoms with Gasteiger partial charge in [-0.25, -0.2) is 0 Å². The Morgan fingerprint density at radius 3 is 2.70 bits per heavy atom. The maximum absolute atomic E-state index is 11.9. The molecule has 0 fully saturated rings. The topological polar surface area (TPSA) is 71.3 Å². The van der Waals surface area contributed by atoms with Crippen LogP contribution in [0.2, 0.25) is 5.02 Å². The Labute approximate surface area is 140 Å². The van der Waals surface area contributed by atoms with Gasteiger partial charge in [0.2, 0.25) is 5.91 Å². The molecule has 0 aliphatic heterocycles. The van der Waals surface area contributed by atoms with Crippen LogP contribution >= 0.6 is 11.6 Å². The summed E-state index contributed by atoms with van der Waals surface area (Å²) in [6, 6.07) is 10.5. The van der Waals surface area contributed by atoms with Gasteiger partial charge < -0.3 is 15.1 Å². The average molecular weight is 335 g/mol. The highest BCUT2D eigenvalue weighted by Crippen LogP contribution is 2.22. The summed E-state index contributed by atoms with van der Waals surface area (Å²) in [5.74, 6) is -0.0914. The minimum absolute atomic E-state index is 0.0790. The fourth-order valence-electron chi connectivity index (χ4n) is 2.16. The predicted molar refractivity (Wildman–Crippen MR) is 88.3 cm³/mol. The van der Waals surface area contributed by atoms with Crippen LogP contribution in [-0.2, 0) is 4.79 Å². The van der Waals surface area contributed by atoms with Crippen LogP contribution < -0.4 is 10.6 Å². The fourth-order valence-corrected chi connectivity index (χ4v) is 2.46. The molecule has 1 aromatic heterocycles. The zero-order valence-electron chi connectivity index (χ0n) is 12.8. The van der Waals surface area contributed by atoms with Gasteiger partial charge in [0, 0.05) is 18.0 Å². The van der Waals surface area contributed by atoms with Crippen molar-refractivity contribution >= 4 is 23.4 Å². The van der Waals surface area contributed by atoms with Gasteiger partial charge in [0.15, 0.2) is 5.76 Å². The minimum atomic E-state index is -0.278. The summed E-state index contributed by atoms with van der Waals surface area (Å²) in [6.45, 7) is 2.30. The lowest BCUT2D eigenvalue weighted by Crippen LogP contribution is -2.29. The van der Waals surface area contributed by atoms with Crippen molar-refractivity contribution in [1.82, 2.24) is 10.6 Å². The number of carbonyl (C=O) groups excluding carboxylic acids is 2. The molecule has 0 aliphatic carbocycles. The first-order valence-electron chi connectivity index (χ1n) is 7.43. The first-order valence-corrected chi connectivity index (χ1v) is 7.81. The van der Waals surface area contributed by atoms with Crippen molar-refractivity contribution in [3.8, 4) is 0 Å². The normalized spacial score (nSPS) is 11.7. The van der Waals surface area contributed by atoms with Crippen molar-refractivity contribution in [3.63, 3.8) is 0 Å². The van der Waals surface area contributed by atoms with Gasteiger partial charge in [-0.1, -0.05) is 29.8 Å². The summed E-state index contributed by atoms with van der Waals surface area (Å²) < 4.78 is 4.98. The molecule has 0 aliphatic rings. The molecule has 23 heavy (non-hydrogen) atoms. The van der Waals surface area contributed by atoms with Crippen LogP contribution in [0, 0.1) is 0 Å². The van der Waals surface area contributed by atoms with Crippen LogP contribution in [0.5, 0.6) is 0 Å². The highest BCUT2D eigenvalue weighted by atomic mass is 35.5. The third-order valence-corrected chi connectivity index (χ3v) is 3.70. The summed E-state index contributed by atoms with van der Waals surface area (Å²) in [6.07, 6.45) is 2.32. The summed E-state index contributed by atoms with van der Waals surface area (Å²) in [4.78, 5) is 23.6. The highest BCUT2D eigenvalue weighted by molar-refractivity contribution is 6.31. The first kappa shape index (κ1) is 17.1. The van der Waals surface area contributed by atoms with Gasteiger partial charge in [0.05, 0.1) is 12.3 Å². The number of carbonyl (C=O) groups is 2. The number of benzene rings is 1. The Bertz CT molecular complexity index is 656. The van der Waals surface area contributed by atoms with E-state index >= 15 is 0 Å². The van der Waals surface area contributed by atoms with Crippen LogP contribution in [-0.4, -0.2) is 18.4 Å². The molecule has 1 atom stereocenters. The summed E-state index contributed by atoms with van der Waals surface area (Å²) in [5.41, 5.74) is 0.883. The Kier molecular flexibility index (Phi) is 6.23. The molecular weight excluding hydrogens is 316 g/mol. The lowest BCUT2D eigenvalue weighted by molar-refractivity contribution is -0.121. The smallest absolute Gasteiger partial charge is 0.286 e. The quantitative estimate of drug-likeness (QED) is 0.763. The number of amides is 2. The fraction of sp³-hybridized carbons (Fsp3) is 0.294. The largest absolute Gasteiger partial charge is 0.459 e. The lowest BCUT2D eigenvalue weighted by Gasteiger charge is -2.15. The third-order valence-electron chi connectivity index (χ3n) is 3.36. The average Bonchev–Trinajstić information content (AvgIpc) is 3.06. The first-order chi connectivity index (χ1) is 11.1. The van der Waals surface area contributed by atoms with Crippen molar-refractivity contribution in [2.75, 3.05) is 6.54 Å². The van der Waals surface area contributed by atoms with Crippen LogP contribution in [0.1, 0.15) is 41.9 Å². The van der Waals surface area contributed by atoms with Crippen LogP contribution in [0.25, 0.3) is 0 Å². The maximum Gasteiger partial charge on any atom is 0.286 e. The molecule has 122 valence electrons. The van der Waals surface area contributed by atoms with Gasteiger partial charge >= 0.3 is 0 Å². The molecule has 2 amide bonds. The Morgan fingerprint density at radius 1 is 1.22 bits per heavy atom. The minimum Gasteiger partial charge on any atom is -0.459 e. The molecule has 0 saturated carbocycles. The van der Waals surface area contributed by atoms with E-state index in [1.807, 2.05) is 25.1 Å². The molecule has 2 rings (SSSR count). The van der Waals surface area contributed by atoms with Crippen LogP contribution in [0.3, 0.4) is 0 Å². The molecule has 0 radical (unpaired) electrons. The molecule has 2 aromatic rings. The van der Waals surface area contributed by atoms with E-state index in [1.54, 1.807) is 18.2 Å². The van der Waals surface area contributed by atoms with E-state index in [4.69, 9.17) is 16.0 Å². The van der Waals surface area contributed by atoms with Crippen molar-refractivity contribution < 1.29 is 14.0 Å². The van der Waals surface area contributed by atoms with Crippen molar-refractivity contribution in [3.05, 3.63) is 59.0 Å². The van der Waals surface area contributed by atoms with E-state index in [2.05, 4.69) is 10.6 Å². The van der Waals surface area contributed by atoms with Gasteiger partial charge in [-0.05, 0) is 37.1 Å². The second-order valence-electron chi connectivity index (χ2n) is 5.15. The molecule has 2 N–H and O–H groups in total. The molecule has 1 unspecified atom stereocenters. The van der Waals surface area contributed by atoms with Gasteiger partial charge in [-0.15, -0.1) is 0 Å². The zero-order valence-corrected chi connectivity index (χ0v) is 13.6. The van der Waals surface area contributed by atoms with Crippen molar-refractivity contribution in [2.45, 2.75) is 25.8 Å². The van der Waals surface area contributed by atoms with Crippen LogP contribution in [0.4, 0.5) is 0 Å². The summed E-state index contributed by atoms with van der Waals surface area (Å²) >= 11 is 6.11. The Hall–Kier alpha value is -2.27.